The van der Waals surface area contributed by atoms with Gasteiger partial charge in [-0.3, -0.25) is 9.69 Å². The number of amides is 1. The Hall–Kier alpha value is -2.78. The third kappa shape index (κ3) is 5.03. The molecule has 158 valence electrons. The number of aromatic nitrogens is 4. The average Bonchev–Trinajstić information content (AvgIpc) is 3.40. The molecule has 0 unspecified atom stereocenters. The van der Waals surface area contributed by atoms with Gasteiger partial charge in [0.1, 0.15) is 11.5 Å². The molecule has 4 rings (SSSR count). The quantitative estimate of drug-likeness (QED) is 0.625. The van der Waals surface area contributed by atoms with Crippen LogP contribution in [0.25, 0.3) is 5.00 Å². The monoisotopic (exact) mass is 426 g/mol. The van der Waals surface area contributed by atoms with Gasteiger partial charge in [-0.15, -0.1) is 11.3 Å². The van der Waals surface area contributed by atoms with Crippen molar-refractivity contribution in [1.82, 2.24) is 30.0 Å². The van der Waals surface area contributed by atoms with Gasteiger partial charge >= 0.3 is 5.69 Å². The molecule has 30 heavy (non-hydrogen) atoms. The first-order valence-electron chi connectivity index (χ1n) is 10.2. The highest BCUT2D eigenvalue weighted by Crippen LogP contribution is 2.18. The Morgan fingerprint density at radius 1 is 1.13 bits per heavy atom. The lowest BCUT2D eigenvalue weighted by Crippen LogP contribution is -2.33. The summed E-state index contributed by atoms with van der Waals surface area (Å²) in [4.78, 5) is 27.1. The average molecular weight is 427 g/mol. The summed E-state index contributed by atoms with van der Waals surface area (Å²) in [5.74, 6) is 0.560. The number of hydrogen-bond donors (Lipinski definition) is 1. The lowest BCUT2D eigenvalue weighted by atomic mass is 9.99. The van der Waals surface area contributed by atoms with Crippen molar-refractivity contribution in [3.05, 3.63) is 63.4 Å². The lowest BCUT2D eigenvalue weighted by Gasteiger charge is -2.30. The van der Waals surface area contributed by atoms with Crippen molar-refractivity contribution in [1.29, 1.82) is 0 Å². The van der Waals surface area contributed by atoms with Gasteiger partial charge in [0.05, 0.1) is 0 Å². The molecule has 0 spiro atoms. The zero-order valence-corrected chi connectivity index (χ0v) is 17.8. The Morgan fingerprint density at radius 3 is 2.57 bits per heavy atom. The van der Waals surface area contributed by atoms with Gasteiger partial charge in [-0.2, -0.15) is 9.36 Å². The van der Waals surface area contributed by atoms with Crippen LogP contribution in [-0.2, 0) is 24.4 Å². The van der Waals surface area contributed by atoms with E-state index in [4.69, 9.17) is 0 Å². The molecule has 1 aliphatic rings. The summed E-state index contributed by atoms with van der Waals surface area (Å²) in [6, 6.07) is 11.9. The molecule has 0 bridgehead atoms. The SMILES string of the molecule is CC1CCN(Cc2ccc(CNC(=O)Cn3nnn(-c4cccs4)c3=O)cc2)CC1. The second kappa shape index (κ2) is 9.36. The number of thiophene rings is 1. The van der Waals surface area contributed by atoms with E-state index in [1.807, 2.05) is 23.6 Å². The van der Waals surface area contributed by atoms with Crippen LogP contribution < -0.4 is 11.0 Å². The highest BCUT2D eigenvalue weighted by atomic mass is 32.1. The molecule has 3 aromatic rings. The van der Waals surface area contributed by atoms with Crippen LogP contribution >= 0.6 is 11.3 Å². The number of carbonyl (C=O) groups is 1. The summed E-state index contributed by atoms with van der Waals surface area (Å²) in [7, 11) is 0. The summed E-state index contributed by atoms with van der Waals surface area (Å²) in [5.41, 5.74) is 1.88. The van der Waals surface area contributed by atoms with Crippen LogP contribution in [0.15, 0.2) is 46.6 Å². The van der Waals surface area contributed by atoms with Crippen molar-refractivity contribution >= 4 is 17.2 Å². The number of benzene rings is 1. The third-order valence-electron chi connectivity index (χ3n) is 5.44. The van der Waals surface area contributed by atoms with E-state index in [2.05, 4.69) is 39.7 Å². The van der Waals surface area contributed by atoms with Crippen LogP contribution in [0.3, 0.4) is 0 Å². The molecule has 1 fully saturated rings. The molecule has 1 aliphatic heterocycles. The Labute approximate surface area is 179 Å². The number of carbonyl (C=O) groups excluding carboxylic acids is 1. The predicted molar refractivity (Wildman–Crippen MR) is 115 cm³/mol. The van der Waals surface area contributed by atoms with Gasteiger partial charge in [-0.1, -0.05) is 31.2 Å². The molecule has 9 heteroatoms. The van der Waals surface area contributed by atoms with E-state index in [0.29, 0.717) is 11.5 Å². The highest BCUT2D eigenvalue weighted by molar-refractivity contribution is 7.12. The first-order valence-corrected chi connectivity index (χ1v) is 11.1. The van der Waals surface area contributed by atoms with E-state index in [0.717, 1.165) is 35.8 Å². The third-order valence-corrected chi connectivity index (χ3v) is 6.29. The smallest absolute Gasteiger partial charge is 0.350 e. The molecule has 0 radical (unpaired) electrons. The summed E-state index contributed by atoms with van der Waals surface area (Å²) >= 11 is 1.39. The molecule has 8 nitrogen and oxygen atoms in total. The van der Waals surface area contributed by atoms with Gasteiger partial charge in [-0.25, -0.2) is 4.79 Å². The maximum Gasteiger partial charge on any atom is 0.369 e. The molecular weight excluding hydrogens is 400 g/mol. The lowest BCUT2D eigenvalue weighted by molar-refractivity contribution is -0.122. The van der Waals surface area contributed by atoms with Crippen molar-refractivity contribution < 1.29 is 4.79 Å². The highest BCUT2D eigenvalue weighted by Gasteiger charge is 2.16. The number of likely N-dealkylation sites (tertiary alicyclic amines) is 1. The van der Waals surface area contributed by atoms with E-state index in [1.54, 1.807) is 6.07 Å². The van der Waals surface area contributed by atoms with Gasteiger partial charge in [0.2, 0.25) is 5.91 Å². The van der Waals surface area contributed by atoms with Crippen molar-refractivity contribution in [2.24, 2.45) is 5.92 Å². The molecule has 1 amide bonds. The van der Waals surface area contributed by atoms with Crippen molar-refractivity contribution in [2.75, 3.05) is 13.1 Å². The van der Waals surface area contributed by atoms with Crippen LogP contribution in [0.5, 0.6) is 0 Å². The van der Waals surface area contributed by atoms with Gasteiger partial charge in [-0.05, 0) is 70.9 Å². The van der Waals surface area contributed by atoms with Crippen molar-refractivity contribution in [2.45, 2.75) is 39.4 Å². The fourth-order valence-corrected chi connectivity index (χ4v) is 4.20. The summed E-state index contributed by atoms with van der Waals surface area (Å²) in [5, 5.41) is 13.0. The topological polar surface area (TPSA) is 85.1 Å². The van der Waals surface area contributed by atoms with Gasteiger partial charge in [0.15, 0.2) is 0 Å². The van der Waals surface area contributed by atoms with Crippen molar-refractivity contribution in [3.63, 3.8) is 0 Å². The molecule has 1 aromatic carbocycles. The zero-order chi connectivity index (χ0) is 20.9. The van der Waals surface area contributed by atoms with Crippen LogP contribution in [-0.4, -0.2) is 43.7 Å². The van der Waals surface area contributed by atoms with E-state index in [-0.39, 0.29) is 12.5 Å². The Bertz CT molecular complexity index is 1020. The minimum atomic E-state index is -0.427. The normalized spacial score (nSPS) is 15.4. The van der Waals surface area contributed by atoms with E-state index >= 15 is 0 Å². The molecule has 0 aliphatic carbocycles. The second-order valence-electron chi connectivity index (χ2n) is 7.83. The number of hydrogen-bond acceptors (Lipinski definition) is 6. The van der Waals surface area contributed by atoms with Crippen LogP contribution in [0.2, 0.25) is 0 Å². The maximum atomic E-state index is 12.3. The Balaban J connectivity index is 1.26. The van der Waals surface area contributed by atoms with Gasteiger partial charge in [0.25, 0.3) is 0 Å². The Kier molecular flexibility index (Phi) is 6.39. The van der Waals surface area contributed by atoms with E-state index in [9.17, 15) is 9.59 Å². The number of nitrogens with zero attached hydrogens (tertiary/aromatic N) is 5. The molecular formula is C21H26N6O2S. The minimum Gasteiger partial charge on any atom is -0.350 e. The van der Waals surface area contributed by atoms with Gasteiger partial charge in [0, 0.05) is 13.1 Å². The second-order valence-corrected chi connectivity index (χ2v) is 8.76. The maximum absolute atomic E-state index is 12.3. The van der Waals surface area contributed by atoms with Crippen LogP contribution in [0.1, 0.15) is 30.9 Å². The molecule has 2 aromatic heterocycles. The summed E-state index contributed by atoms with van der Waals surface area (Å²) in [6.07, 6.45) is 2.54. The fourth-order valence-electron chi connectivity index (χ4n) is 3.54. The van der Waals surface area contributed by atoms with Crippen LogP contribution in [0.4, 0.5) is 0 Å². The summed E-state index contributed by atoms with van der Waals surface area (Å²) < 4.78 is 2.26. The number of nitrogens with one attached hydrogen (secondary N) is 1. The largest absolute Gasteiger partial charge is 0.369 e. The van der Waals surface area contributed by atoms with Crippen molar-refractivity contribution in [3.8, 4) is 5.00 Å². The van der Waals surface area contributed by atoms with Crippen LogP contribution in [0, 0.1) is 5.92 Å². The molecule has 0 saturated carbocycles. The summed E-state index contributed by atoms with van der Waals surface area (Å²) in [6.45, 7) is 5.87. The molecule has 0 atom stereocenters. The van der Waals surface area contributed by atoms with E-state index < -0.39 is 5.69 Å². The predicted octanol–water partition coefficient (Wildman–Crippen LogP) is 2.04. The zero-order valence-electron chi connectivity index (χ0n) is 17.0. The van der Waals surface area contributed by atoms with Gasteiger partial charge < -0.3 is 5.32 Å². The Morgan fingerprint density at radius 2 is 1.87 bits per heavy atom. The minimum absolute atomic E-state index is 0.157. The first kappa shape index (κ1) is 20.5. The fraction of sp³-hybridized carbons (Fsp3) is 0.429. The first-order chi connectivity index (χ1) is 14.6. The van der Waals surface area contributed by atoms with E-state index in [1.165, 1.54) is 34.4 Å². The number of tetrazole rings is 1. The molecule has 1 saturated heterocycles. The number of rotatable bonds is 7. The molecule has 3 heterocycles. The standard InChI is InChI=1S/C21H26N6O2S/c1-16-8-10-25(11-9-16)14-18-6-4-17(5-7-18)13-22-19(28)15-26-21(29)27(24-23-26)20-3-2-12-30-20/h2-7,12,16H,8-11,13-15H2,1H3,(H,22,28). The molecule has 1 N–H and O–H groups in total. The number of piperidine rings is 1.